The van der Waals surface area contributed by atoms with Gasteiger partial charge >= 0.3 is 5.69 Å². The zero-order valence-corrected chi connectivity index (χ0v) is 12.2. The first-order chi connectivity index (χ1) is 9.82. The summed E-state index contributed by atoms with van der Waals surface area (Å²) in [7, 11) is -1.64. The van der Waals surface area contributed by atoms with Gasteiger partial charge < -0.3 is 15.2 Å². The molecule has 2 rings (SSSR count). The molecule has 1 aliphatic heterocycles. The first-order valence-corrected chi connectivity index (χ1v) is 8.11. The number of nitro groups is 1. The third kappa shape index (κ3) is 3.69. The number of sulfone groups is 1. The lowest BCUT2D eigenvalue weighted by molar-refractivity contribution is -0.386. The van der Waals surface area contributed by atoms with Crippen molar-refractivity contribution in [2.24, 2.45) is 0 Å². The molecule has 2 atom stereocenters. The monoisotopic (exact) mass is 316 g/mol. The number of benzene rings is 1. The van der Waals surface area contributed by atoms with Gasteiger partial charge in [-0.1, -0.05) is 6.07 Å². The molecular formula is C12H16N2O6S. The van der Waals surface area contributed by atoms with Crippen molar-refractivity contribution >= 4 is 15.5 Å². The quantitative estimate of drug-likeness (QED) is 0.573. The number of rotatable bonds is 5. The number of nitro benzene ring substituents is 1. The van der Waals surface area contributed by atoms with Gasteiger partial charge in [0, 0.05) is 12.6 Å². The molecule has 0 aromatic heterocycles. The van der Waals surface area contributed by atoms with Gasteiger partial charge in [-0.3, -0.25) is 10.1 Å². The van der Waals surface area contributed by atoms with E-state index in [0.29, 0.717) is 6.54 Å². The molecule has 9 heteroatoms. The van der Waals surface area contributed by atoms with E-state index in [1.165, 1.54) is 12.1 Å². The molecule has 0 saturated carbocycles. The van der Waals surface area contributed by atoms with E-state index in [2.05, 4.69) is 5.32 Å². The fourth-order valence-corrected chi connectivity index (χ4v) is 3.85. The second kappa shape index (κ2) is 5.96. The summed E-state index contributed by atoms with van der Waals surface area (Å²) in [6.45, 7) is 0.486. The average Bonchev–Trinajstić information content (AvgIpc) is 2.62. The SMILES string of the molecule is CNCc1ccc([N+](=O)[O-])c(OC2CS(=O)(=O)CC2O)c1. The number of nitrogens with zero attached hydrogens (tertiary/aromatic N) is 1. The summed E-state index contributed by atoms with van der Waals surface area (Å²) < 4.78 is 28.3. The van der Waals surface area contributed by atoms with Gasteiger partial charge in [-0.05, 0) is 18.7 Å². The standard InChI is InChI=1S/C12H16N2O6S/c1-13-5-8-2-3-9(14(16)17)11(4-8)20-12-7-21(18,19)6-10(12)15/h2-4,10,12-13,15H,5-7H2,1H3. The minimum atomic E-state index is -3.38. The Bertz CT molecular complexity index is 645. The van der Waals surface area contributed by atoms with Crippen LogP contribution in [-0.4, -0.2) is 49.2 Å². The first kappa shape index (κ1) is 15.7. The number of aliphatic hydroxyl groups is 1. The van der Waals surface area contributed by atoms with E-state index in [1.54, 1.807) is 13.1 Å². The normalized spacial score (nSPS) is 23.9. The molecule has 1 heterocycles. The highest BCUT2D eigenvalue weighted by Crippen LogP contribution is 2.31. The number of nitrogens with one attached hydrogen (secondary N) is 1. The lowest BCUT2D eigenvalue weighted by Crippen LogP contribution is -2.30. The molecule has 116 valence electrons. The van der Waals surface area contributed by atoms with Crippen LogP contribution >= 0.6 is 0 Å². The van der Waals surface area contributed by atoms with E-state index in [0.717, 1.165) is 5.56 Å². The maximum Gasteiger partial charge on any atom is 0.310 e. The molecule has 1 aliphatic rings. The van der Waals surface area contributed by atoms with Gasteiger partial charge in [-0.15, -0.1) is 0 Å². The number of ether oxygens (including phenoxy) is 1. The predicted octanol–water partition coefficient (Wildman–Crippen LogP) is -0.149. The molecule has 0 spiro atoms. The maximum absolute atomic E-state index is 11.4. The molecule has 1 aromatic rings. The van der Waals surface area contributed by atoms with E-state index in [4.69, 9.17) is 4.74 Å². The van der Waals surface area contributed by atoms with E-state index >= 15 is 0 Å². The molecule has 0 bridgehead atoms. The maximum atomic E-state index is 11.4. The van der Waals surface area contributed by atoms with Crippen LogP contribution in [0, 0.1) is 10.1 Å². The topological polar surface area (TPSA) is 119 Å². The van der Waals surface area contributed by atoms with Crippen molar-refractivity contribution < 1.29 is 23.2 Å². The Labute approximate surface area is 121 Å². The molecule has 0 radical (unpaired) electrons. The third-order valence-electron chi connectivity index (χ3n) is 3.15. The molecule has 8 nitrogen and oxygen atoms in total. The van der Waals surface area contributed by atoms with Crippen LogP contribution in [0.5, 0.6) is 5.75 Å². The highest BCUT2D eigenvalue weighted by Gasteiger charge is 2.39. The summed E-state index contributed by atoms with van der Waals surface area (Å²) in [6, 6.07) is 4.37. The largest absolute Gasteiger partial charge is 0.480 e. The molecule has 0 amide bonds. The minimum Gasteiger partial charge on any atom is -0.480 e. The summed E-state index contributed by atoms with van der Waals surface area (Å²) in [6.07, 6.45) is -2.17. The molecule has 21 heavy (non-hydrogen) atoms. The van der Waals surface area contributed by atoms with Gasteiger partial charge in [-0.25, -0.2) is 8.42 Å². The smallest absolute Gasteiger partial charge is 0.310 e. The lowest BCUT2D eigenvalue weighted by Gasteiger charge is -2.16. The van der Waals surface area contributed by atoms with Crippen molar-refractivity contribution in [3.8, 4) is 5.75 Å². The van der Waals surface area contributed by atoms with Crippen LogP contribution in [0.15, 0.2) is 18.2 Å². The highest BCUT2D eigenvalue weighted by molar-refractivity contribution is 7.91. The minimum absolute atomic E-state index is 0.0334. The van der Waals surface area contributed by atoms with Crippen molar-refractivity contribution in [1.29, 1.82) is 0 Å². The molecule has 2 N–H and O–H groups in total. The predicted molar refractivity (Wildman–Crippen MR) is 74.9 cm³/mol. The third-order valence-corrected chi connectivity index (χ3v) is 4.84. The van der Waals surface area contributed by atoms with E-state index in [9.17, 15) is 23.6 Å². The second-order valence-corrected chi connectivity index (χ2v) is 7.04. The Morgan fingerprint density at radius 1 is 1.48 bits per heavy atom. The summed E-state index contributed by atoms with van der Waals surface area (Å²) >= 11 is 0. The Morgan fingerprint density at radius 3 is 2.71 bits per heavy atom. The number of hydrogen-bond acceptors (Lipinski definition) is 7. The van der Waals surface area contributed by atoms with Gasteiger partial charge in [-0.2, -0.15) is 0 Å². The van der Waals surface area contributed by atoms with Crippen molar-refractivity contribution in [3.05, 3.63) is 33.9 Å². The summed E-state index contributed by atoms with van der Waals surface area (Å²) in [5.41, 5.74) is 0.500. The Balaban J connectivity index is 2.29. The van der Waals surface area contributed by atoms with Crippen LogP contribution < -0.4 is 10.1 Å². The molecule has 2 unspecified atom stereocenters. The Morgan fingerprint density at radius 2 is 2.19 bits per heavy atom. The van der Waals surface area contributed by atoms with Crippen LogP contribution in [-0.2, 0) is 16.4 Å². The molecule has 1 aromatic carbocycles. The van der Waals surface area contributed by atoms with Gasteiger partial charge in [0.15, 0.2) is 15.6 Å². The van der Waals surface area contributed by atoms with Crippen molar-refractivity contribution in [3.63, 3.8) is 0 Å². The lowest BCUT2D eigenvalue weighted by atomic mass is 10.2. The summed E-state index contributed by atoms with van der Waals surface area (Å²) in [5, 5.41) is 23.6. The number of aliphatic hydroxyl groups excluding tert-OH is 1. The van der Waals surface area contributed by atoms with Crippen LogP contribution in [0.1, 0.15) is 5.56 Å². The van der Waals surface area contributed by atoms with Crippen molar-refractivity contribution in [1.82, 2.24) is 5.32 Å². The van der Waals surface area contributed by atoms with E-state index < -0.39 is 27.0 Å². The van der Waals surface area contributed by atoms with Gasteiger partial charge in [0.2, 0.25) is 0 Å². The number of hydrogen-bond donors (Lipinski definition) is 2. The second-order valence-electron chi connectivity index (χ2n) is 4.89. The first-order valence-electron chi connectivity index (χ1n) is 6.29. The fraction of sp³-hybridized carbons (Fsp3) is 0.500. The van der Waals surface area contributed by atoms with Crippen LogP contribution in [0.25, 0.3) is 0 Å². The van der Waals surface area contributed by atoms with Gasteiger partial charge in [0.25, 0.3) is 0 Å². The van der Waals surface area contributed by atoms with Gasteiger partial charge in [0.05, 0.1) is 16.4 Å². The van der Waals surface area contributed by atoms with E-state index in [-0.39, 0.29) is 22.9 Å². The molecule has 1 saturated heterocycles. The Hall–Kier alpha value is -1.71. The summed E-state index contributed by atoms with van der Waals surface area (Å²) in [5.74, 6) is -0.766. The molecule has 1 fully saturated rings. The molecular weight excluding hydrogens is 300 g/mol. The summed E-state index contributed by atoms with van der Waals surface area (Å²) in [4.78, 5) is 10.4. The fourth-order valence-electron chi connectivity index (χ4n) is 2.19. The highest BCUT2D eigenvalue weighted by atomic mass is 32.2. The van der Waals surface area contributed by atoms with E-state index in [1.807, 2.05) is 0 Å². The van der Waals surface area contributed by atoms with Crippen molar-refractivity contribution in [2.45, 2.75) is 18.8 Å². The molecule has 0 aliphatic carbocycles. The van der Waals surface area contributed by atoms with Crippen LogP contribution in [0.4, 0.5) is 5.69 Å². The zero-order valence-electron chi connectivity index (χ0n) is 11.4. The average molecular weight is 316 g/mol. The zero-order chi connectivity index (χ0) is 15.6. The van der Waals surface area contributed by atoms with Gasteiger partial charge in [0.1, 0.15) is 12.2 Å². The van der Waals surface area contributed by atoms with Crippen LogP contribution in [0.2, 0.25) is 0 Å². The van der Waals surface area contributed by atoms with Crippen LogP contribution in [0.3, 0.4) is 0 Å². The van der Waals surface area contributed by atoms with Crippen molar-refractivity contribution in [2.75, 3.05) is 18.6 Å². The Kier molecular flexibility index (Phi) is 4.45.